The Balaban J connectivity index is 1.58. The lowest BCUT2D eigenvalue weighted by atomic mass is 9.94. The van der Waals surface area contributed by atoms with Crippen molar-refractivity contribution < 1.29 is 4.74 Å². The molecule has 0 spiro atoms. The zero-order valence-corrected chi connectivity index (χ0v) is 13.0. The van der Waals surface area contributed by atoms with E-state index in [1.807, 2.05) is 24.3 Å². The van der Waals surface area contributed by atoms with Gasteiger partial charge in [0.15, 0.2) is 0 Å². The fourth-order valence-corrected chi connectivity index (χ4v) is 3.77. The Bertz CT molecular complexity index is 503. The Hall–Kier alpha value is -1.37. The molecule has 3 nitrogen and oxygen atoms in total. The number of fused-ring (bicyclic) bond motifs is 2. The molecule has 1 aliphatic heterocycles. The quantitative estimate of drug-likeness (QED) is 0.852. The molecule has 2 aliphatic rings. The van der Waals surface area contributed by atoms with Crippen molar-refractivity contribution in [1.82, 2.24) is 4.90 Å². The molecule has 1 aliphatic carbocycles. The van der Waals surface area contributed by atoms with Crippen LogP contribution in [0.15, 0.2) is 24.3 Å². The molecule has 1 aromatic carbocycles. The van der Waals surface area contributed by atoms with Crippen molar-refractivity contribution in [3.05, 3.63) is 35.4 Å². The van der Waals surface area contributed by atoms with Gasteiger partial charge in [0, 0.05) is 19.1 Å². The molecular weight excluding hydrogens is 260 g/mol. The molecule has 3 heteroatoms. The van der Waals surface area contributed by atoms with Gasteiger partial charge in [-0.25, -0.2) is 0 Å². The second-order valence-corrected chi connectivity index (χ2v) is 6.73. The van der Waals surface area contributed by atoms with Crippen LogP contribution in [0.4, 0.5) is 0 Å². The van der Waals surface area contributed by atoms with Crippen LogP contribution in [0.1, 0.15) is 37.8 Å². The van der Waals surface area contributed by atoms with Crippen molar-refractivity contribution in [3.8, 4) is 6.07 Å². The lowest BCUT2D eigenvalue weighted by Gasteiger charge is -2.40. The van der Waals surface area contributed by atoms with Gasteiger partial charge in [0.25, 0.3) is 0 Å². The molecule has 0 amide bonds. The normalized spacial score (nSPS) is 28.8. The number of nitriles is 1. The van der Waals surface area contributed by atoms with E-state index in [0.29, 0.717) is 36.2 Å². The molecular formula is C18H24N2O. The van der Waals surface area contributed by atoms with Gasteiger partial charge in [-0.15, -0.1) is 0 Å². The van der Waals surface area contributed by atoms with Crippen LogP contribution in [0.5, 0.6) is 0 Å². The zero-order valence-electron chi connectivity index (χ0n) is 13.0. The summed E-state index contributed by atoms with van der Waals surface area (Å²) in [6, 6.07) is 10.5. The van der Waals surface area contributed by atoms with Crippen molar-refractivity contribution >= 4 is 0 Å². The molecule has 0 N–H and O–H groups in total. The molecule has 2 bridgehead atoms. The van der Waals surface area contributed by atoms with Gasteiger partial charge in [-0.3, -0.25) is 0 Å². The lowest BCUT2D eigenvalue weighted by Crippen LogP contribution is -2.48. The highest BCUT2D eigenvalue weighted by atomic mass is 16.5. The maximum absolute atomic E-state index is 8.82. The molecule has 21 heavy (non-hydrogen) atoms. The Morgan fingerprint density at radius 1 is 1.19 bits per heavy atom. The minimum atomic E-state index is 0.427. The van der Waals surface area contributed by atoms with Gasteiger partial charge in [0.2, 0.25) is 0 Å². The average molecular weight is 284 g/mol. The molecule has 1 saturated carbocycles. The summed E-state index contributed by atoms with van der Waals surface area (Å²) in [4.78, 5) is 2.60. The van der Waals surface area contributed by atoms with Gasteiger partial charge < -0.3 is 9.64 Å². The topological polar surface area (TPSA) is 36.3 Å². The molecule has 112 valence electrons. The number of rotatable bonds is 4. The van der Waals surface area contributed by atoms with Crippen LogP contribution in [-0.4, -0.2) is 30.1 Å². The summed E-state index contributed by atoms with van der Waals surface area (Å²) < 4.78 is 6.25. The van der Waals surface area contributed by atoms with Gasteiger partial charge in [0.05, 0.1) is 24.3 Å². The molecule has 1 heterocycles. The number of likely N-dealkylation sites (tertiary alicyclic amines) is 1. The van der Waals surface area contributed by atoms with E-state index in [1.54, 1.807) is 0 Å². The summed E-state index contributed by atoms with van der Waals surface area (Å²) in [7, 11) is 0. The first-order valence-corrected chi connectivity index (χ1v) is 8.02. The van der Waals surface area contributed by atoms with E-state index in [-0.39, 0.29) is 0 Å². The fourth-order valence-electron chi connectivity index (χ4n) is 3.77. The second-order valence-electron chi connectivity index (χ2n) is 6.73. The Morgan fingerprint density at radius 3 is 2.33 bits per heavy atom. The van der Waals surface area contributed by atoms with Crippen LogP contribution in [0.3, 0.4) is 0 Å². The highest BCUT2D eigenvalue weighted by molar-refractivity contribution is 5.31. The minimum Gasteiger partial charge on any atom is -0.373 e. The number of nitrogens with zero attached hydrogens (tertiary/aromatic N) is 2. The van der Waals surface area contributed by atoms with Gasteiger partial charge in [-0.05, 0) is 56.2 Å². The van der Waals surface area contributed by atoms with E-state index in [4.69, 9.17) is 10.00 Å². The number of benzene rings is 1. The number of ether oxygens (including phenoxy) is 1. The smallest absolute Gasteiger partial charge is 0.0991 e. The van der Waals surface area contributed by atoms with Crippen molar-refractivity contribution in [1.29, 1.82) is 5.26 Å². The van der Waals surface area contributed by atoms with Crippen molar-refractivity contribution in [2.75, 3.05) is 13.1 Å². The third-order valence-corrected chi connectivity index (χ3v) is 5.03. The summed E-state index contributed by atoms with van der Waals surface area (Å²) in [6.45, 7) is 7.62. The lowest BCUT2D eigenvalue weighted by molar-refractivity contribution is -0.0564. The zero-order chi connectivity index (χ0) is 14.8. The molecule has 1 saturated heterocycles. The van der Waals surface area contributed by atoms with Gasteiger partial charge in [0.1, 0.15) is 0 Å². The van der Waals surface area contributed by atoms with Crippen LogP contribution >= 0.6 is 0 Å². The highest BCUT2D eigenvalue weighted by Gasteiger charge is 2.43. The van der Waals surface area contributed by atoms with Crippen molar-refractivity contribution in [2.45, 2.75) is 45.4 Å². The first kappa shape index (κ1) is 14.6. The summed E-state index contributed by atoms with van der Waals surface area (Å²) in [5.74, 6) is 1.40. The number of hydrogen-bond acceptors (Lipinski definition) is 3. The summed E-state index contributed by atoms with van der Waals surface area (Å²) in [5.41, 5.74) is 1.88. The number of hydrogen-bond donors (Lipinski definition) is 0. The van der Waals surface area contributed by atoms with Crippen molar-refractivity contribution in [2.24, 2.45) is 11.8 Å². The average Bonchev–Trinajstić information content (AvgIpc) is 2.73. The molecule has 0 aromatic heterocycles. The maximum Gasteiger partial charge on any atom is 0.0991 e. The highest BCUT2D eigenvalue weighted by Crippen LogP contribution is 2.39. The first-order chi connectivity index (χ1) is 10.2. The predicted molar refractivity (Wildman–Crippen MR) is 82.7 cm³/mol. The standard InChI is InChI=1S/C18H24N2O/c1-13(2)20-10-16-7-8-17(11-20)18(16)21-12-15-5-3-14(9-19)4-6-15/h3-6,13,16-18H,7-8,10-12H2,1-2H3/t16-,17+,18+. The Morgan fingerprint density at radius 2 is 1.81 bits per heavy atom. The Labute approximate surface area is 127 Å². The third-order valence-electron chi connectivity index (χ3n) is 5.03. The van der Waals surface area contributed by atoms with Crippen LogP contribution < -0.4 is 0 Å². The Kier molecular flexibility index (Phi) is 4.28. The fraction of sp³-hybridized carbons (Fsp3) is 0.611. The van der Waals surface area contributed by atoms with Crippen LogP contribution in [0, 0.1) is 23.2 Å². The van der Waals surface area contributed by atoms with E-state index in [9.17, 15) is 0 Å². The van der Waals surface area contributed by atoms with Crippen LogP contribution in [0.2, 0.25) is 0 Å². The summed E-state index contributed by atoms with van der Waals surface area (Å²) >= 11 is 0. The molecule has 3 atom stereocenters. The monoisotopic (exact) mass is 284 g/mol. The van der Waals surface area contributed by atoms with Crippen LogP contribution in [0.25, 0.3) is 0 Å². The molecule has 1 aromatic rings. The van der Waals surface area contributed by atoms with Gasteiger partial charge in [-0.1, -0.05) is 12.1 Å². The van der Waals surface area contributed by atoms with Gasteiger partial charge >= 0.3 is 0 Å². The minimum absolute atomic E-state index is 0.427. The predicted octanol–water partition coefficient (Wildman–Crippen LogP) is 3.19. The summed E-state index contributed by atoms with van der Waals surface area (Å²) in [5, 5.41) is 8.82. The maximum atomic E-state index is 8.82. The van der Waals surface area contributed by atoms with E-state index < -0.39 is 0 Å². The van der Waals surface area contributed by atoms with E-state index in [2.05, 4.69) is 24.8 Å². The van der Waals surface area contributed by atoms with Crippen molar-refractivity contribution in [3.63, 3.8) is 0 Å². The van der Waals surface area contributed by atoms with E-state index >= 15 is 0 Å². The first-order valence-electron chi connectivity index (χ1n) is 8.02. The molecule has 0 unspecified atom stereocenters. The second kappa shape index (κ2) is 6.17. The van der Waals surface area contributed by atoms with Gasteiger partial charge in [-0.2, -0.15) is 5.26 Å². The third kappa shape index (κ3) is 3.12. The van der Waals surface area contributed by atoms with Crippen LogP contribution in [-0.2, 0) is 11.3 Å². The molecule has 2 fully saturated rings. The molecule has 3 rings (SSSR count). The molecule has 0 radical (unpaired) electrons. The number of piperidine rings is 1. The largest absolute Gasteiger partial charge is 0.373 e. The summed E-state index contributed by atoms with van der Waals surface area (Å²) in [6.07, 6.45) is 3.05. The van der Waals surface area contributed by atoms with E-state index in [1.165, 1.54) is 31.5 Å². The SMILES string of the molecule is CC(C)N1C[C@H]2CC[C@@H](C1)[C@H]2OCc1ccc(C#N)cc1. The van der Waals surface area contributed by atoms with E-state index in [0.717, 1.165) is 0 Å².